The molecule has 0 amide bonds. The van der Waals surface area contributed by atoms with Crippen molar-refractivity contribution in [2.75, 3.05) is 0 Å². The highest BCUT2D eigenvalue weighted by atomic mass is 35.5. The molecule has 1 aromatic carbocycles. The maximum Gasteiger partial charge on any atom is 0.258 e. The van der Waals surface area contributed by atoms with Crippen LogP contribution in [0, 0.1) is 46.3 Å². The summed E-state index contributed by atoms with van der Waals surface area (Å²) in [5.74, 6) is 3.93. The van der Waals surface area contributed by atoms with E-state index in [1.807, 2.05) is 0 Å². The lowest BCUT2D eigenvalue weighted by Crippen LogP contribution is -2.58. The number of benzene rings is 1. The number of aryl methyl sites for hydroxylation is 1. The molecule has 10 atom stereocenters. The SMILES string of the molecule is C[C@H](CCc1nc2cc(Cl)ccc2c(=O)[nH]1)[C@H]1CC[C@H]2[C@H]3C(CC[C@]12C)[C@@]1(C)CC[C@@H](O)C[C@H]1C[C@H]3O. The molecule has 0 radical (unpaired) electrons. The first kappa shape index (κ1) is 25.8. The molecule has 4 aliphatic rings. The molecule has 1 heterocycles. The van der Waals surface area contributed by atoms with Crippen molar-refractivity contribution in [1.29, 1.82) is 0 Å². The minimum absolute atomic E-state index is 0.0937. The summed E-state index contributed by atoms with van der Waals surface area (Å²) in [4.78, 5) is 20.3. The Balaban J connectivity index is 1.18. The summed E-state index contributed by atoms with van der Waals surface area (Å²) >= 11 is 6.15. The number of aliphatic hydroxyl groups is 2. The fourth-order valence-electron chi connectivity index (χ4n) is 10.0. The van der Waals surface area contributed by atoms with Gasteiger partial charge in [-0.05, 0) is 122 Å². The molecule has 0 aliphatic heterocycles. The second-order valence-corrected chi connectivity index (χ2v) is 14.1. The molecular weight excluding hydrogens is 484 g/mol. The summed E-state index contributed by atoms with van der Waals surface area (Å²) in [6.07, 6.45) is 10.0. The number of fused-ring (bicyclic) bond motifs is 6. The van der Waals surface area contributed by atoms with Crippen LogP contribution in [0.15, 0.2) is 23.0 Å². The molecule has 0 spiro atoms. The molecule has 3 N–H and O–H groups in total. The van der Waals surface area contributed by atoms with Crippen molar-refractivity contribution in [3.63, 3.8) is 0 Å². The molecule has 1 unspecified atom stereocenters. The Labute approximate surface area is 225 Å². The second-order valence-electron chi connectivity index (χ2n) is 13.6. The topological polar surface area (TPSA) is 86.2 Å². The van der Waals surface area contributed by atoms with E-state index < -0.39 is 0 Å². The Hall–Kier alpha value is -1.43. The van der Waals surface area contributed by atoms with Gasteiger partial charge in [-0.3, -0.25) is 4.79 Å². The third-order valence-electron chi connectivity index (χ3n) is 12.0. The van der Waals surface area contributed by atoms with Crippen LogP contribution in [-0.4, -0.2) is 32.4 Å². The van der Waals surface area contributed by atoms with Gasteiger partial charge in [-0.1, -0.05) is 32.4 Å². The molecule has 5 nitrogen and oxygen atoms in total. The summed E-state index contributed by atoms with van der Waals surface area (Å²) in [5.41, 5.74) is 1.10. The fraction of sp³-hybridized carbons (Fsp3) is 0.742. The van der Waals surface area contributed by atoms with Crippen molar-refractivity contribution in [1.82, 2.24) is 9.97 Å². The lowest BCUT2D eigenvalue weighted by molar-refractivity contribution is -0.174. The normalized spacial score (nSPS) is 42.2. The molecule has 0 bridgehead atoms. The van der Waals surface area contributed by atoms with Gasteiger partial charge >= 0.3 is 0 Å². The van der Waals surface area contributed by atoms with Gasteiger partial charge in [0.25, 0.3) is 5.56 Å². The van der Waals surface area contributed by atoms with E-state index in [9.17, 15) is 15.0 Å². The van der Waals surface area contributed by atoms with E-state index in [-0.39, 0.29) is 28.6 Å². The largest absolute Gasteiger partial charge is 0.393 e. The van der Waals surface area contributed by atoms with Crippen molar-refractivity contribution in [3.05, 3.63) is 39.4 Å². The van der Waals surface area contributed by atoms with Crippen molar-refractivity contribution < 1.29 is 10.2 Å². The predicted molar refractivity (Wildman–Crippen MR) is 147 cm³/mol. The maximum absolute atomic E-state index is 12.6. The van der Waals surface area contributed by atoms with Crippen molar-refractivity contribution in [2.24, 2.45) is 46.3 Å². The minimum atomic E-state index is -0.231. The van der Waals surface area contributed by atoms with Gasteiger partial charge in [-0.25, -0.2) is 4.98 Å². The van der Waals surface area contributed by atoms with Gasteiger partial charge in [0.05, 0.1) is 23.1 Å². The Bertz CT molecular complexity index is 1230. The number of nitrogens with zero attached hydrogens (tertiary/aromatic N) is 1. The zero-order valence-corrected chi connectivity index (χ0v) is 23.3. The van der Waals surface area contributed by atoms with Crippen LogP contribution < -0.4 is 5.56 Å². The lowest BCUT2D eigenvalue weighted by atomic mass is 9.43. The molecule has 0 saturated heterocycles. The Morgan fingerprint density at radius 1 is 1.08 bits per heavy atom. The highest BCUT2D eigenvalue weighted by molar-refractivity contribution is 6.31. The van der Waals surface area contributed by atoms with Crippen LogP contribution in [0.2, 0.25) is 5.02 Å². The van der Waals surface area contributed by atoms with Crippen molar-refractivity contribution in [3.8, 4) is 0 Å². The summed E-state index contributed by atoms with van der Waals surface area (Å²) in [5, 5.41) is 23.0. The molecule has 4 fully saturated rings. The standard InChI is InChI=1S/C31H43ClN2O3/c1-17(4-9-27-33-25-16-19(32)5-6-21(25)29(37)34-27)22-7-8-23-28-24(11-13-31(22,23)3)30(2)12-10-20(35)14-18(30)15-26(28)36/h5-6,16-18,20,22-24,26,28,35-36H,4,7-15H2,1-3H3,(H,33,34,37)/t17-,18+,20-,22-,23+,24?,26-,28+,30+,31-/m1/s1. The zero-order chi connectivity index (χ0) is 26.1. The van der Waals surface area contributed by atoms with Crippen molar-refractivity contribution >= 4 is 22.5 Å². The van der Waals surface area contributed by atoms with E-state index in [4.69, 9.17) is 16.6 Å². The van der Waals surface area contributed by atoms with Gasteiger partial charge in [0.15, 0.2) is 0 Å². The van der Waals surface area contributed by atoms with Gasteiger partial charge in [0.2, 0.25) is 0 Å². The second kappa shape index (κ2) is 9.34. The van der Waals surface area contributed by atoms with Gasteiger partial charge in [0.1, 0.15) is 5.82 Å². The van der Waals surface area contributed by atoms with Crippen molar-refractivity contribution in [2.45, 2.75) is 97.2 Å². The van der Waals surface area contributed by atoms with Gasteiger partial charge in [-0.15, -0.1) is 0 Å². The average molecular weight is 527 g/mol. The highest BCUT2D eigenvalue weighted by Gasteiger charge is 2.62. The molecule has 6 heteroatoms. The third kappa shape index (κ3) is 4.19. The molecule has 1 aromatic heterocycles. The molecule has 4 saturated carbocycles. The van der Waals surface area contributed by atoms with E-state index >= 15 is 0 Å². The number of hydrogen-bond donors (Lipinski definition) is 3. The first-order valence-electron chi connectivity index (χ1n) is 14.6. The van der Waals surface area contributed by atoms with E-state index in [1.165, 1.54) is 25.7 Å². The van der Waals surface area contributed by atoms with Crippen LogP contribution in [0.1, 0.15) is 84.4 Å². The van der Waals surface area contributed by atoms with E-state index in [0.717, 1.165) is 44.3 Å². The van der Waals surface area contributed by atoms with Crippen LogP contribution in [-0.2, 0) is 6.42 Å². The van der Waals surface area contributed by atoms with Crippen LogP contribution in [0.4, 0.5) is 0 Å². The number of hydrogen-bond acceptors (Lipinski definition) is 4. The Morgan fingerprint density at radius 3 is 2.65 bits per heavy atom. The monoisotopic (exact) mass is 526 g/mol. The van der Waals surface area contributed by atoms with E-state index in [1.54, 1.807) is 18.2 Å². The molecule has 202 valence electrons. The number of aromatic nitrogens is 2. The van der Waals surface area contributed by atoms with Crippen LogP contribution in [0.25, 0.3) is 10.9 Å². The quantitative estimate of drug-likeness (QED) is 0.447. The number of halogens is 1. The molecular formula is C31H43ClN2O3. The molecule has 2 aromatic rings. The van der Waals surface area contributed by atoms with Crippen LogP contribution in [0.3, 0.4) is 0 Å². The molecule has 4 aliphatic carbocycles. The fourth-order valence-corrected chi connectivity index (χ4v) is 10.2. The third-order valence-corrected chi connectivity index (χ3v) is 12.2. The number of aromatic amines is 1. The Morgan fingerprint density at radius 2 is 1.84 bits per heavy atom. The Kier molecular flexibility index (Phi) is 6.52. The predicted octanol–water partition coefficient (Wildman–Crippen LogP) is 6.14. The summed E-state index contributed by atoms with van der Waals surface area (Å²) in [6.45, 7) is 7.39. The van der Waals surface area contributed by atoms with Crippen LogP contribution in [0.5, 0.6) is 0 Å². The minimum Gasteiger partial charge on any atom is -0.393 e. The van der Waals surface area contributed by atoms with E-state index in [0.29, 0.717) is 51.4 Å². The summed E-state index contributed by atoms with van der Waals surface area (Å²) < 4.78 is 0. The maximum atomic E-state index is 12.6. The average Bonchev–Trinajstić information content (AvgIpc) is 3.20. The molecule has 6 rings (SSSR count). The lowest BCUT2D eigenvalue weighted by Gasteiger charge is -2.62. The van der Waals surface area contributed by atoms with E-state index in [2.05, 4.69) is 25.8 Å². The number of aliphatic hydroxyl groups excluding tert-OH is 2. The number of rotatable bonds is 4. The first-order chi connectivity index (χ1) is 17.6. The number of nitrogens with one attached hydrogen (secondary N) is 1. The van der Waals surface area contributed by atoms with Crippen LogP contribution >= 0.6 is 11.6 Å². The van der Waals surface area contributed by atoms with Gasteiger partial charge in [0, 0.05) is 11.4 Å². The van der Waals surface area contributed by atoms with Gasteiger partial charge in [-0.2, -0.15) is 0 Å². The smallest absolute Gasteiger partial charge is 0.258 e. The molecule has 37 heavy (non-hydrogen) atoms. The summed E-state index contributed by atoms with van der Waals surface area (Å²) in [7, 11) is 0. The zero-order valence-electron chi connectivity index (χ0n) is 22.5. The van der Waals surface area contributed by atoms with Gasteiger partial charge < -0.3 is 15.2 Å². The summed E-state index contributed by atoms with van der Waals surface area (Å²) in [6, 6.07) is 5.24. The highest BCUT2D eigenvalue weighted by Crippen LogP contribution is 2.68. The number of H-pyrrole nitrogens is 1. The first-order valence-corrected chi connectivity index (χ1v) is 15.0.